The monoisotopic (exact) mass is 342 g/mol. The van der Waals surface area contributed by atoms with Gasteiger partial charge in [-0.15, -0.1) is 11.3 Å². The molecule has 1 aromatic carbocycles. The Balaban J connectivity index is 1.64. The summed E-state index contributed by atoms with van der Waals surface area (Å²) in [6.07, 6.45) is 2.94. The van der Waals surface area contributed by atoms with Crippen molar-refractivity contribution in [1.82, 2.24) is 9.97 Å². The van der Waals surface area contributed by atoms with Crippen LogP contribution in [0, 0.1) is 0 Å². The van der Waals surface area contributed by atoms with E-state index in [9.17, 15) is 9.59 Å². The lowest BCUT2D eigenvalue weighted by atomic mass is 10.2. The quantitative estimate of drug-likeness (QED) is 0.569. The molecule has 0 atom stereocenters. The van der Waals surface area contributed by atoms with Crippen LogP contribution in [0.25, 0.3) is 16.3 Å². The van der Waals surface area contributed by atoms with Gasteiger partial charge in [-0.3, -0.25) is 4.79 Å². The molecule has 0 amide bonds. The first kappa shape index (κ1) is 15.9. The molecule has 0 bridgehead atoms. The van der Waals surface area contributed by atoms with Gasteiger partial charge in [-0.25, -0.2) is 9.78 Å². The first-order valence-corrected chi connectivity index (χ1v) is 7.99. The number of rotatable bonds is 5. The number of aromatic amines is 1. The van der Waals surface area contributed by atoms with Crippen molar-refractivity contribution >= 4 is 33.6 Å². The molecule has 0 fully saturated rings. The van der Waals surface area contributed by atoms with Gasteiger partial charge in [0.1, 0.15) is 22.9 Å². The lowest BCUT2D eigenvalue weighted by Crippen LogP contribution is -2.12. The lowest BCUT2D eigenvalue weighted by Gasteiger charge is -2.02. The van der Waals surface area contributed by atoms with Crippen molar-refractivity contribution in [2.24, 2.45) is 0 Å². The Bertz CT molecular complexity index is 958. The number of methoxy groups -OCH3 is 1. The number of carbonyl (C=O) groups excluding carboxylic acids is 1. The van der Waals surface area contributed by atoms with Crippen molar-refractivity contribution in [2.75, 3.05) is 7.11 Å². The summed E-state index contributed by atoms with van der Waals surface area (Å²) in [5, 5.41) is 1.79. The Kier molecular flexibility index (Phi) is 4.72. The molecule has 2 aromatic heterocycles. The van der Waals surface area contributed by atoms with E-state index in [1.807, 2.05) is 18.2 Å². The van der Waals surface area contributed by atoms with Gasteiger partial charge in [-0.05, 0) is 35.2 Å². The third kappa shape index (κ3) is 3.69. The molecule has 0 saturated heterocycles. The number of esters is 1. The van der Waals surface area contributed by atoms with Crippen LogP contribution in [0.5, 0.6) is 5.75 Å². The Morgan fingerprint density at radius 3 is 3.08 bits per heavy atom. The fraction of sp³-hybridized carbons (Fsp3) is 0.118. The van der Waals surface area contributed by atoms with Gasteiger partial charge in [0, 0.05) is 6.08 Å². The molecule has 0 spiro atoms. The van der Waals surface area contributed by atoms with Crippen molar-refractivity contribution in [1.29, 1.82) is 0 Å². The summed E-state index contributed by atoms with van der Waals surface area (Å²) in [6, 6.07) is 9.04. The minimum Gasteiger partial charge on any atom is -0.497 e. The van der Waals surface area contributed by atoms with Gasteiger partial charge in [0.05, 0.1) is 12.6 Å². The smallest absolute Gasteiger partial charge is 0.331 e. The van der Waals surface area contributed by atoms with E-state index in [1.54, 1.807) is 30.7 Å². The van der Waals surface area contributed by atoms with Crippen LogP contribution >= 0.6 is 11.3 Å². The van der Waals surface area contributed by atoms with Crippen molar-refractivity contribution in [2.45, 2.75) is 6.61 Å². The number of aromatic nitrogens is 2. The Morgan fingerprint density at radius 2 is 2.25 bits per heavy atom. The first-order valence-electron chi connectivity index (χ1n) is 7.11. The van der Waals surface area contributed by atoms with E-state index < -0.39 is 5.97 Å². The highest BCUT2D eigenvalue weighted by Gasteiger charge is 2.06. The van der Waals surface area contributed by atoms with Crippen molar-refractivity contribution in [3.8, 4) is 5.75 Å². The van der Waals surface area contributed by atoms with E-state index in [0.717, 1.165) is 5.56 Å². The molecule has 3 aromatic rings. The molecule has 0 radical (unpaired) electrons. The van der Waals surface area contributed by atoms with E-state index in [-0.39, 0.29) is 12.2 Å². The lowest BCUT2D eigenvalue weighted by molar-refractivity contribution is -0.139. The van der Waals surface area contributed by atoms with E-state index in [0.29, 0.717) is 21.8 Å². The molecule has 7 heteroatoms. The summed E-state index contributed by atoms with van der Waals surface area (Å²) in [7, 11) is 1.58. The number of thiophene rings is 1. The number of nitrogens with one attached hydrogen (secondary N) is 1. The van der Waals surface area contributed by atoms with Crippen molar-refractivity contribution < 1.29 is 14.3 Å². The predicted molar refractivity (Wildman–Crippen MR) is 92.1 cm³/mol. The van der Waals surface area contributed by atoms with Crippen LogP contribution in [0.2, 0.25) is 0 Å². The van der Waals surface area contributed by atoms with Gasteiger partial charge >= 0.3 is 5.97 Å². The van der Waals surface area contributed by atoms with Gasteiger partial charge in [0.25, 0.3) is 5.56 Å². The number of ether oxygens (including phenoxy) is 2. The topological polar surface area (TPSA) is 81.3 Å². The average Bonchev–Trinajstić information content (AvgIpc) is 3.07. The van der Waals surface area contributed by atoms with E-state index in [2.05, 4.69) is 9.97 Å². The molecule has 24 heavy (non-hydrogen) atoms. The number of benzene rings is 1. The van der Waals surface area contributed by atoms with Crippen LogP contribution in [-0.4, -0.2) is 23.0 Å². The summed E-state index contributed by atoms with van der Waals surface area (Å²) in [5.41, 5.74) is 1.19. The molecule has 1 N–H and O–H groups in total. The molecular formula is C17H14N2O4S. The molecule has 2 heterocycles. The minimum atomic E-state index is -0.522. The number of fused-ring (bicyclic) bond motifs is 1. The largest absolute Gasteiger partial charge is 0.497 e. The van der Waals surface area contributed by atoms with E-state index >= 15 is 0 Å². The van der Waals surface area contributed by atoms with Crippen LogP contribution in [0.4, 0.5) is 0 Å². The molecule has 6 nitrogen and oxygen atoms in total. The number of carbonyl (C=O) groups is 1. The van der Waals surface area contributed by atoms with Crippen molar-refractivity contribution in [3.05, 3.63) is 63.5 Å². The second kappa shape index (κ2) is 7.10. The summed E-state index contributed by atoms with van der Waals surface area (Å²) >= 11 is 1.32. The molecule has 0 aliphatic heterocycles. The first-order chi connectivity index (χ1) is 11.7. The fourth-order valence-corrected chi connectivity index (χ4v) is 2.81. The highest BCUT2D eigenvalue weighted by molar-refractivity contribution is 7.17. The second-order valence-electron chi connectivity index (χ2n) is 4.87. The minimum absolute atomic E-state index is 0.0949. The highest BCUT2D eigenvalue weighted by atomic mass is 32.1. The molecule has 122 valence electrons. The zero-order chi connectivity index (χ0) is 16.9. The third-order valence-corrected chi connectivity index (χ3v) is 4.12. The molecule has 0 aliphatic rings. The Labute approximate surface area is 141 Å². The maximum absolute atomic E-state index is 11.8. The SMILES string of the molecule is COc1cccc(C=CC(=O)OCc2nc3ccsc3c(=O)[nH]2)c1. The van der Waals surface area contributed by atoms with Crippen LogP contribution in [0.3, 0.4) is 0 Å². The second-order valence-corrected chi connectivity index (χ2v) is 5.78. The van der Waals surface area contributed by atoms with Gasteiger partial charge in [0.2, 0.25) is 0 Å². The summed E-state index contributed by atoms with van der Waals surface area (Å²) < 4.78 is 10.8. The van der Waals surface area contributed by atoms with Gasteiger partial charge < -0.3 is 14.5 Å². The maximum Gasteiger partial charge on any atom is 0.331 e. The van der Waals surface area contributed by atoms with Gasteiger partial charge in [0.15, 0.2) is 0 Å². The maximum atomic E-state index is 11.8. The summed E-state index contributed by atoms with van der Waals surface area (Å²) in [4.78, 5) is 30.5. The van der Waals surface area contributed by atoms with Crippen LogP contribution < -0.4 is 10.3 Å². The normalized spacial score (nSPS) is 11.0. The number of nitrogens with zero attached hydrogens (tertiary/aromatic N) is 1. The van der Waals surface area contributed by atoms with Gasteiger partial charge in [-0.1, -0.05) is 12.1 Å². The fourth-order valence-electron chi connectivity index (χ4n) is 2.09. The zero-order valence-corrected chi connectivity index (χ0v) is 13.6. The molecule has 0 saturated carbocycles. The average molecular weight is 342 g/mol. The van der Waals surface area contributed by atoms with E-state index in [4.69, 9.17) is 9.47 Å². The zero-order valence-electron chi connectivity index (χ0n) is 12.8. The molecule has 3 rings (SSSR count). The summed E-state index contributed by atoms with van der Waals surface area (Å²) in [5.74, 6) is 0.497. The number of hydrogen-bond donors (Lipinski definition) is 1. The molecule has 0 unspecified atom stereocenters. The Hall–Kier alpha value is -2.93. The number of hydrogen-bond acceptors (Lipinski definition) is 6. The number of H-pyrrole nitrogens is 1. The summed E-state index contributed by atoms with van der Waals surface area (Å²) in [6.45, 7) is -0.0949. The standard InChI is InChI=1S/C17H14N2O4S/c1-22-12-4-2-3-11(9-12)5-6-15(20)23-10-14-18-13-7-8-24-16(13)17(21)19-14/h2-9H,10H2,1H3,(H,18,19,21). The van der Waals surface area contributed by atoms with Crippen molar-refractivity contribution in [3.63, 3.8) is 0 Å². The van der Waals surface area contributed by atoms with Crippen LogP contribution in [-0.2, 0) is 16.1 Å². The molecular weight excluding hydrogens is 328 g/mol. The Morgan fingerprint density at radius 1 is 1.38 bits per heavy atom. The molecule has 0 aliphatic carbocycles. The van der Waals surface area contributed by atoms with Crippen LogP contribution in [0.15, 0.2) is 46.6 Å². The third-order valence-electron chi connectivity index (χ3n) is 3.22. The predicted octanol–water partition coefficient (Wildman–Crippen LogP) is 2.75. The van der Waals surface area contributed by atoms with E-state index in [1.165, 1.54) is 17.4 Å². The van der Waals surface area contributed by atoms with Gasteiger partial charge in [-0.2, -0.15) is 0 Å². The van der Waals surface area contributed by atoms with Crippen LogP contribution in [0.1, 0.15) is 11.4 Å². The highest BCUT2D eigenvalue weighted by Crippen LogP contribution is 2.15.